The van der Waals surface area contributed by atoms with E-state index in [1.165, 1.54) is 29.3 Å². The highest BCUT2D eigenvalue weighted by Gasteiger charge is 2.47. The first kappa shape index (κ1) is 28.6. The van der Waals surface area contributed by atoms with Crippen LogP contribution in [0.4, 0.5) is 14.6 Å². The Bertz CT molecular complexity index is 1390. The Morgan fingerprint density at radius 2 is 1.80 bits per heavy atom. The topological polar surface area (TPSA) is 74.3 Å². The summed E-state index contributed by atoms with van der Waals surface area (Å²) in [6.07, 6.45) is 11.6. The zero-order valence-electron chi connectivity index (χ0n) is 23.3. The van der Waals surface area contributed by atoms with Gasteiger partial charge in [0.15, 0.2) is 0 Å². The summed E-state index contributed by atoms with van der Waals surface area (Å²) in [6, 6.07) is 16.7. The van der Waals surface area contributed by atoms with Crippen LogP contribution in [0.5, 0.6) is 0 Å². The first-order valence-corrected chi connectivity index (χ1v) is 14.3. The van der Waals surface area contributed by atoms with E-state index in [1.807, 2.05) is 17.0 Å². The average molecular weight is 559 g/mol. The second-order valence-corrected chi connectivity index (χ2v) is 11.2. The lowest BCUT2D eigenvalue weighted by molar-refractivity contribution is -0.143. The number of piperazine rings is 1. The van der Waals surface area contributed by atoms with Gasteiger partial charge in [-0.25, -0.2) is 13.8 Å². The van der Waals surface area contributed by atoms with E-state index in [1.54, 1.807) is 12.3 Å². The van der Waals surface area contributed by atoms with Crippen molar-refractivity contribution in [2.75, 3.05) is 18.4 Å². The van der Waals surface area contributed by atoms with Gasteiger partial charge in [-0.1, -0.05) is 55.3 Å². The number of rotatable bonds is 5. The molecule has 2 aliphatic carbocycles. The molecule has 1 aliphatic heterocycles. The van der Waals surface area contributed by atoms with Crippen molar-refractivity contribution in [3.8, 4) is 0 Å². The van der Waals surface area contributed by atoms with Crippen molar-refractivity contribution in [2.45, 2.75) is 57.0 Å². The summed E-state index contributed by atoms with van der Waals surface area (Å²) in [4.78, 5) is 32.1. The highest BCUT2D eigenvalue weighted by Crippen LogP contribution is 2.34. The molecular formula is C33H36F2N4O2. The molecule has 1 aromatic heterocycles. The molecule has 2 atom stereocenters. The average Bonchev–Trinajstić information content (AvgIpc) is 3.62. The Kier molecular flexibility index (Phi) is 8.88. The number of nitrogens with zero attached hydrogens (tertiary/aromatic N) is 2. The van der Waals surface area contributed by atoms with Crippen molar-refractivity contribution in [3.63, 3.8) is 0 Å². The van der Waals surface area contributed by atoms with Crippen LogP contribution in [0.25, 0.3) is 6.08 Å². The largest absolute Gasteiger partial charge is 0.333 e. The molecule has 2 unspecified atom stereocenters. The third-order valence-electron chi connectivity index (χ3n) is 8.24. The quantitative estimate of drug-likeness (QED) is 0.431. The van der Waals surface area contributed by atoms with E-state index in [9.17, 15) is 18.4 Å². The van der Waals surface area contributed by atoms with E-state index >= 15 is 0 Å². The zero-order valence-corrected chi connectivity index (χ0v) is 23.3. The number of benzene rings is 2. The fourth-order valence-electron chi connectivity index (χ4n) is 5.99. The number of pyridine rings is 1. The Morgan fingerprint density at radius 3 is 2.49 bits per heavy atom. The van der Waals surface area contributed by atoms with Crippen molar-refractivity contribution in [3.05, 3.63) is 101 Å². The molecule has 41 heavy (non-hydrogen) atoms. The molecule has 2 aromatic carbocycles. The van der Waals surface area contributed by atoms with E-state index in [0.29, 0.717) is 12.4 Å². The van der Waals surface area contributed by atoms with Crippen LogP contribution >= 0.6 is 0 Å². The molecule has 3 aliphatic rings. The molecule has 3 aromatic rings. The third kappa shape index (κ3) is 6.88. The van der Waals surface area contributed by atoms with Crippen LogP contribution in [-0.4, -0.2) is 46.4 Å². The predicted octanol–water partition coefficient (Wildman–Crippen LogP) is 5.55. The molecule has 1 spiro atoms. The maximum Gasteiger partial charge on any atom is 0.243 e. The molecule has 2 amide bonds. The summed E-state index contributed by atoms with van der Waals surface area (Å²) >= 11 is 0. The number of aromatic nitrogens is 1. The van der Waals surface area contributed by atoms with Crippen LogP contribution in [-0.2, 0) is 22.4 Å². The predicted molar refractivity (Wildman–Crippen MR) is 156 cm³/mol. The highest BCUT2D eigenvalue weighted by atomic mass is 19.1. The maximum atomic E-state index is 13.2. The lowest BCUT2D eigenvalue weighted by Gasteiger charge is -2.44. The van der Waals surface area contributed by atoms with Crippen molar-refractivity contribution >= 4 is 23.7 Å². The highest BCUT2D eigenvalue weighted by molar-refractivity contribution is 5.92. The number of carbonyl (C=O) groups excluding carboxylic acids is 2. The van der Waals surface area contributed by atoms with Crippen LogP contribution in [0.3, 0.4) is 0 Å². The van der Waals surface area contributed by atoms with Gasteiger partial charge in [-0.05, 0) is 73.6 Å². The summed E-state index contributed by atoms with van der Waals surface area (Å²) in [5.41, 5.74) is 3.27. The summed E-state index contributed by atoms with van der Waals surface area (Å²) in [5.74, 6) is -0.260. The van der Waals surface area contributed by atoms with Gasteiger partial charge < -0.3 is 15.5 Å². The normalized spacial score (nSPS) is 21.0. The first-order chi connectivity index (χ1) is 19.8. The standard InChI is InChI=1S/C27H32N4O2.C6H4F2/c1-19-18-29-27(11-3-4-12-27)26(33)31(19)14-6-7-20-9-10-21-16-23(17-22(21)15-20)25(32)30-24-8-2-5-13-28-24;7-5-2-1-3-6(8)4-5/h2,5-10,13,15,19,23,29H,3-4,11-12,14,16-18H2,1H3,(H,28,30,32);1-4H/b7-6+;. The van der Waals surface area contributed by atoms with Gasteiger partial charge in [0, 0.05) is 37.3 Å². The van der Waals surface area contributed by atoms with Gasteiger partial charge in [0.05, 0.1) is 5.54 Å². The van der Waals surface area contributed by atoms with E-state index in [2.05, 4.69) is 52.9 Å². The number of carbonyl (C=O) groups is 2. The Labute approximate surface area is 239 Å². The monoisotopic (exact) mass is 558 g/mol. The van der Waals surface area contributed by atoms with Crippen molar-refractivity contribution in [1.82, 2.24) is 15.2 Å². The number of hydrogen-bond donors (Lipinski definition) is 2. The van der Waals surface area contributed by atoms with Crippen molar-refractivity contribution in [2.24, 2.45) is 5.92 Å². The zero-order chi connectivity index (χ0) is 28.8. The Morgan fingerprint density at radius 1 is 1.05 bits per heavy atom. The van der Waals surface area contributed by atoms with Gasteiger partial charge in [-0.3, -0.25) is 9.59 Å². The van der Waals surface area contributed by atoms with Crippen LogP contribution < -0.4 is 10.6 Å². The number of hydrogen-bond acceptors (Lipinski definition) is 4. The third-order valence-corrected chi connectivity index (χ3v) is 8.24. The molecule has 1 saturated heterocycles. The van der Waals surface area contributed by atoms with E-state index in [-0.39, 0.29) is 29.3 Å². The summed E-state index contributed by atoms with van der Waals surface area (Å²) < 4.78 is 23.9. The summed E-state index contributed by atoms with van der Waals surface area (Å²) in [6.45, 7) is 3.61. The van der Waals surface area contributed by atoms with Crippen LogP contribution in [0.1, 0.15) is 49.3 Å². The molecule has 2 fully saturated rings. The molecule has 8 heteroatoms. The second kappa shape index (κ2) is 12.7. The van der Waals surface area contributed by atoms with E-state index in [0.717, 1.165) is 56.7 Å². The Hall–Kier alpha value is -3.91. The van der Waals surface area contributed by atoms with Gasteiger partial charge >= 0.3 is 0 Å². The minimum Gasteiger partial charge on any atom is -0.333 e. The molecule has 0 radical (unpaired) electrons. The van der Waals surface area contributed by atoms with Gasteiger partial charge in [0.2, 0.25) is 11.8 Å². The first-order valence-electron chi connectivity index (χ1n) is 14.3. The fourth-order valence-corrected chi connectivity index (χ4v) is 5.99. The number of anilines is 1. The molecule has 214 valence electrons. The fraction of sp³-hybridized carbons (Fsp3) is 0.364. The lowest BCUT2D eigenvalue weighted by atomic mass is 9.91. The number of nitrogens with one attached hydrogen (secondary N) is 2. The molecule has 1 saturated carbocycles. The molecule has 2 heterocycles. The van der Waals surface area contributed by atoms with Crippen LogP contribution in [0, 0.1) is 17.6 Å². The Balaban J connectivity index is 0.000000365. The van der Waals surface area contributed by atoms with Gasteiger partial charge in [-0.15, -0.1) is 0 Å². The summed E-state index contributed by atoms with van der Waals surface area (Å²) in [7, 11) is 0. The number of halogens is 2. The van der Waals surface area contributed by atoms with E-state index in [4.69, 9.17) is 0 Å². The van der Waals surface area contributed by atoms with Crippen molar-refractivity contribution in [1.29, 1.82) is 0 Å². The molecule has 6 nitrogen and oxygen atoms in total. The van der Waals surface area contributed by atoms with Crippen LogP contribution in [0.15, 0.2) is 72.9 Å². The van der Waals surface area contributed by atoms with Gasteiger partial charge in [0.1, 0.15) is 17.5 Å². The van der Waals surface area contributed by atoms with Gasteiger partial charge in [0.25, 0.3) is 0 Å². The maximum absolute atomic E-state index is 13.2. The minimum atomic E-state index is -0.537. The van der Waals surface area contributed by atoms with Crippen LogP contribution in [0.2, 0.25) is 0 Å². The summed E-state index contributed by atoms with van der Waals surface area (Å²) in [5, 5.41) is 6.46. The molecule has 0 bridgehead atoms. The number of fused-ring (bicyclic) bond motifs is 1. The SMILES string of the molecule is CC1CNC2(CCCC2)C(=O)N1C/C=C/c1ccc2c(c1)CC(C(=O)Nc1ccccn1)C2.Fc1cccc(F)c1. The lowest BCUT2D eigenvalue weighted by Crippen LogP contribution is -2.66. The van der Waals surface area contributed by atoms with Crippen molar-refractivity contribution < 1.29 is 18.4 Å². The number of amides is 2. The van der Waals surface area contributed by atoms with Gasteiger partial charge in [-0.2, -0.15) is 0 Å². The second-order valence-electron chi connectivity index (χ2n) is 11.2. The molecular weight excluding hydrogens is 522 g/mol. The molecule has 6 rings (SSSR count). The minimum absolute atomic E-state index is 0.0223. The van der Waals surface area contributed by atoms with E-state index < -0.39 is 11.6 Å². The smallest absolute Gasteiger partial charge is 0.243 e. The molecule has 2 N–H and O–H groups in total.